The molecule has 0 aromatic carbocycles. The van der Waals surface area contributed by atoms with Crippen molar-refractivity contribution in [2.24, 2.45) is 5.92 Å². The number of nitrogens with zero attached hydrogens (tertiary/aromatic N) is 2. The van der Waals surface area contributed by atoms with Gasteiger partial charge in [-0.2, -0.15) is 0 Å². The fourth-order valence-corrected chi connectivity index (χ4v) is 2.43. The standard InChI is InChI=1S/C16H30N2O3/c1-16(2,3)21-15(20)18(10-11-19)12-13-6-8-14(9-7-13)17(4)5/h6,8,13-14,19H,7,9-12H2,1-5H3. The monoisotopic (exact) mass is 298 g/mol. The molecule has 21 heavy (non-hydrogen) atoms. The van der Waals surface area contributed by atoms with Crippen molar-refractivity contribution < 1.29 is 14.6 Å². The second-order valence-corrected chi connectivity index (χ2v) is 6.90. The van der Waals surface area contributed by atoms with Gasteiger partial charge < -0.3 is 19.6 Å². The van der Waals surface area contributed by atoms with Gasteiger partial charge >= 0.3 is 6.09 Å². The van der Waals surface area contributed by atoms with Crippen LogP contribution < -0.4 is 0 Å². The van der Waals surface area contributed by atoms with E-state index in [0.717, 1.165) is 12.8 Å². The molecule has 122 valence electrons. The van der Waals surface area contributed by atoms with Crippen molar-refractivity contribution in [2.75, 3.05) is 33.8 Å². The number of carbonyl (C=O) groups excluding carboxylic acids is 1. The highest BCUT2D eigenvalue weighted by Gasteiger charge is 2.25. The number of rotatable bonds is 5. The molecule has 0 heterocycles. The average molecular weight is 298 g/mol. The molecule has 2 atom stereocenters. The molecular weight excluding hydrogens is 268 g/mol. The number of aliphatic hydroxyl groups is 1. The Hall–Kier alpha value is -1.07. The first-order chi connectivity index (χ1) is 9.73. The van der Waals surface area contributed by atoms with E-state index in [4.69, 9.17) is 9.84 Å². The predicted molar refractivity (Wildman–Crippen MR) is 84.2 cm³/mol. The topological polar surface area (TPSA) is 53.0 Å². The molecule has 1 aliphatic carbocycles. The third-order valence-electron chi connectivity index (χ3n) is 3.58. The molecular formula is C16H30N2O3. The van der Waals surface area contributed by atoms with Gasteiger partial charge in [0.1, 0.15) is 5.60 Å². The molecule has 0 aromatic rings. The second kappa shape index (κ2) is 7.80. The lowest BCUT2D eigenvalue weighted by atomic mass is 9.92. The summed E-state index contributed by atoms with van der Waals surface area (Å²) < 4.78 is 5.40. The fourth-order valence-electron chi connectivity index (χ4n) is 2.43. The number of carbonyl (C=O) groups is 1. The number of ether oxygens (including phenoxy) is 1. The van der Waals surface area contributed by atoms with Crippen LogP contribution in [0.3, 0.4) is 0 Å². The minimum Gasteiger partial charge on any atom is -0.444 e. The van der Waals surface area contributed by atoms with Crippen molar-refractivity contribution >= 4 is 6.09 Å². The van der Waals surface area contributed by atoms with Gasteiger partial charge in [-0.25, -0.2) is 4.79 Å². The molecule has 0 saturated carbocycles. The Bertz CT molecular complexity index is 361. The molecule has 0 bridgehead atoms. The summed E-state index contributed by atoms with van der Waals surface area (Å²) in [4.78, 5) is 16.0. The Balaban J connectivity index is 2.59. The van der Waals surface area contributed by atoms with Crippen molar-refractivity contribution in [3.05, 3.63) is 12.2 Å². The van der Waals surface area contributed by atoms with E-state index < -0.39 is 5.60 Å². The third kappa shape index (κ3) is 6.48. The van der Waals surface area contributed by atoms with E-state index in [1.165, 1.54) is 0 Å². The fraction of sp³-hybridized carbons (Fsp3) is 0.812. The summed E-state index contributed by atoms with van der Waals surface area (Å²) >= 11 is 0. The molecule has 0 aromatic heterocycles. The van der Waals surface area contributed by atoms with Gasteiger partial charge in [0.2, 0.25) is 0 Å². The summed E-state index contributed by atoms with van der Waals surface area (Å²) in [6.45, 7) is 6.43. The number of hydrogen-bond acceptors (Lipinski definition) is 4. The van der Waals surface area contributed by atoms with E-state index >= 15 is 0 Å². The minimum atomic E-state index is -0.511. The maximum Gasteiger partial charge on any atom is 0.410 e. The molecule has 0 radical (unpaired) electrons. The molecule has 0 aliphatic heterocycles. The average Bonchev–Trinajstić information content (AvgIpc) is 2.36. The van der Waals surface area contributed by atoms with Crippen LogP contribution in [0.4, 0.5) is 4.79 Å². The van der Waals surface area contributed by atoms with Crippen LogP contribution in [0, 0.1) is 5.92 Å². The van der Waals surface area contributed by atoms with Crippen LogP contribution >= 0.6 is 0 Å². The van der Waals surface area contributed by atoms with Gasteiger partial charge in [-0.05, 0) is 53.6 Å². The van der Waals surface area contributed by atoms with Gasteiger partial charge in [-0.15, -0.1) is 0 Å². The maximum atomic E-state index is 12.2. The minimum absolute atomic E-state index is 0.0456. The number of amides is 1. The SMILES string of the molecule is CN(C)C1C=CC(CN(CCO)C(=O)OC(C)(C)C)CC1. The Labute approximate surface area is 128 Å². The van der Waals surface area contributed by atoms with Crippen molar-refractivity contribution in [2.45, 2.75) is 45.3 Å². The first-order valence-electron chi connectivity index (χ1n) is 7.66. The molecule has 2 unspecified atom stereocenters. The van der Waals surface area contributed by atoms with Gasteiger partial charge in [0.15, 0.2) is 0 Å². The predicted octanol–water partition coefficient (Wildman–Crippen LogP) is 2.11. The Kier molecular flexibility index (Phi) is 6.68. The van der Waals surface area contributed by atoms with Crippen LogP contribution in [0.15, 0.2) is 12.2 Å². The lowest BCUT2D eigenvalue weighted by molar-refractivity contribution is 0.0194. The van der Waals surface area contributed by atoms with Crippen LogP contribution in [0.2, 0.25) is 0 Å². The molecule has 0 spiro atoms. The van der Waals surface area contributed by atoms with Crippen molar-refractivity contribution in [3.63, 3.8) is 0 Å². The Morgan fingerprint density at radius 1 is 1.29 bits per heavy atom. The molecule has 1 N–H and O–H groups in total. The molecule has 1 aliphatic rings. The van der Waals surface area contributed by atoms with Crippen molar-refractivity contribution in [3.8, 4) is 0 Å². The van der Waals surface area contributed by atoms with Crippen LogP contribution in [-0.2, 0) is 4.74 Å². The van der Waals surface area contributed by atoms with Gasteiger partial charge in [-0.1, -0.05) is 12.2 Å². The van der Waals surface area contributed by atoms with E-state index in [1.807, 2.05) is 20.8 Å². The van der Waals surface area contributed by atoms with Crippen LogP contribution in [-0.4, -0.2) is 66.4 Å². The van der Waals surface area contributed by atoms with E-state index in [1.54, 1.807) is 4.90 Å². The van der Waals surface area contributed by atoms with Crippen LogP contribution in [0.25, 0.3) is 0 Å². The van der Waals surface area contributed by atoms with Crippen molar-refractivity contribution in [1.29, 1.82) is 0 Å². The van der Waals surface area contributed by atoms with E-state index in [2.05, 4.69) is 31.1 Å². The zero-order valence-electron chi connectivity index (χ0n) is 14.0. The van der Waals surface area contributed by atoms with Crippen LogP contribution in [0.5, 0.6) is 0 Å². The van der Waals surface area contributed by atoms with E-state index in [0.29, 0.717) is 25.0 Å². The van der Waals surface area contributed by atoms with Gasteiger partial charge in [0.05, 0.1) is 6.61 Å². The zero-order valence-corrected chi connectivity index (χ0v) is 14.0. The summed E-state index contributed by atoms with van der Waals surface area (Å²) in [5.41, 5.74) is -0.511. The van der Waals surface area contributed by atoms with Gasteiger partial charge in [0, 0.05) is 19.1 Å². The zero-order chi connectivity index (χ0) is 16.0. The molecule has 0 fully saturated rings. The summed E-state index contributed by atoms with van der Waals surface area (Å²) in [6, 6.07) is 0.481. The number of hydrogen-bond donors (Lipinski definition) is 1. The third-order valence-corrected chi connectivity index (χ3v) is 3.58. The quantitative estimate of drug-likeness (QED) is 0.790. The first kappa shape index (κ1) is 18.0. The molecule has 1 amide bonds. The summed E-state index contributed by atoms with van der Waals surface area (Å²) in [5, 5.41) is 9.15. The van der Waals surface area contributed by atoms with E-state index in [9.17, 15) is 4.79 Å². The van der Waals surface area contributed by atoms with Gasteiger partial charge in [-0.3, -0.25) is 0 Å². The largest absolute Gasteiger partial charge is 0.444 e. The van der Waals surface area contributed by atoms with Crippen LogP contribution in [0.1, 0.15) is 33.6 Å². The first-order valence-corrected chi connectivity index (χ1v) is 7.66. The normalized spacial score (nSPS) is 22.4. The highest BCUT2D eigenvalue weighted by atomic mass is 16.6. The molecule has 0 saturated heterocycles. The summed E-state index contributed by atoms with van der Waals surface area (Å²) in [5.74, 6) is 0.334. The summed E-state index contributed by atoms with van der Waals surface area (Å²) in [7, 11) is 4.15. The highest BCUT2D eigenvalue weighted by molar-refractivity contribution is 5.68. The van der Waals surface area contributed by atoms with Gasteiger partial charge in [0.25, 0.3) is 0 Å². The Morgan fingerprint density at radius 2 is 1.95 bits per heavy atom. The summed E-state index contributed by atoms with van der Waals surface area (Å²) in [6.07, 6.45) is 6.18. The lowest BCUT2D eigenvalue weighted by Crippen LogP contribution is -2.41. The Morgan fingerprint density at radius 3 is 2.38 bits per heavy atom. The maximum absolute atomic E-state index is 12.2. The lowest BCUT2D eigenvalue weighted by Gasteiger charge is -2.32. The molecule has 5 nitrogen and oxygen atoms in total. The second-order valence-electron chi connectivity index (χ2n) is 6.90. The highest BCUT2D eigenvalue weighted by Crippen LogP contribution is 2.22. The molecule has 5 heteroatoms. The number of aliphatic hydroxyl groups excluding tert-OH is 1. The molecule has 1 rings (SSSR count). The van der Waals surface area contributed by atoms with E-state index in [-0.39, 0.29) is 12.7 Å². The smallest absolute Gasteiger partial charge is 0.410 e. The number of likely N-dealkylation sites (N-methyl/N-ethyl adjacent to an activating group) is 1. The van der Waals surface area contributed by atoms with Crippen molar-refractivity contribution in [1.82, 2.24) is 9.80 Å².